The second kappa shape index (κ2) is 11.1. The molecule has 0 bridgehead atoms. The van der Waals surface area contributed by atoms with Crippen molar-refractivity contribution in [2.24, 2.45) is 0 Å². The smallest absolute Gasteiger partial charge is 0.261 e. The first-order valence-corrected chi connectivity index (χ1v) is 12.1. The van der Waals surface area contributed by atoms with E-state index in [0.717, 1.165) is 5.56 Å². The van der Waals surface area contributed by atoms with Gasteiger partial charge in [0, 0.05) is 19.2 Å². The molecule has 0 saturated heterocycles. The molecule has 0 radical (unpaired) electrons. The van der Waals surface area contributed by atoms with Crippen molar-refractivity contribution in [1.82, 2.24) is 5.32 Å². The quantitative estimate of drug-likeness (QED) is 0.382. The molecule has 0 unspecified atom stereocenters. The topological polar surface area (TPSA) is 114 Å². The average Bonchev–Trinajstić information content (AvgIpc) is 2.81. The van der Waals surface area contributed by atoms with Crippen LogP contribution in [0, 0.1) is 6.92 Å². The number of benzene rings is 3. The zero-order chi connectivity index (χ0) is 24.7. The van der Waals surface area contributed by atoms with Crippen LogP contribution < -0.4 is 15.4 Å². The third-order valence-corrected chi connectivity index (χ3v) is 6.51. The van der Waals surface area contributed by atoms with Crippen LogP contribution in [-0.4, -0.2) is 40.5 Å². The van der Waals surface area contributed by atoms with Gasteiger partial charge in [-0.25, -0.2) is 8.42 Å². The van der Waals surface area contributed by atoms with Crippen LogP contribution in [-0.2, 0) is 14.8 Å². The normalized spacial score (nSPS) is 11.0. The Labute approximate surface area is 203 Å². The second-order valence-electron chi connectivity index (χ2n) is 7.36. The van der Waals surface area contributed by atoms with E-state index in [1.807, 2.05) is 6.92 Å². The summed E-state index contributed by atoms with van der Waals surface area (Å²) in [5.74, 6) is -0.862. The van der Waals surface area contributed by atoms with Crippen LogP contribution in [0.4, 0.5) is 11.4 Å². The van der Waals surface area contributed by atoms with Crippen molar-refractivity contribution in [3.05, 3.63) is 88.4 Å². The van der Waals surface area contributed by atoms with E-state index in [2.05, 4.69) is 15.4 Å². The van der Waals surface area contributed by atoms with Crippen LogP contribution >= 0.6 is 11.6 Å². The minimum atomic E-state index is -3.85. The third kappa shape index (κ3) is 6.34. The molecular formula is C24H24ClN3O5S. The Hall–Kier alpha value is -3.40. The number of halogens is 1. The van der Waals surface area contributed by atoms with E-state index in [1.54, 1.807) is 36.4 Å². The van der Waals surface area contributed by atoms with E-state index in [1.165, 1.54) is 37.4 Å². The number of aryl methyl sites for hydroxylation is 1. The molecule has 0 aliphatic heterocycles. The number of nitrogens with one attached hydrogen (secondary N) is 3. The molecule has 0 atom stereocenters. The molecule has 8 nitrogen and oxygen atoms in total. The summed E-state index contributed by atoms with van der Waals surface area (Å²) in [5.41, 5.74) is 1.87. The first-order chi connectivity index (χ1) is 16.2. The number of carbonyl (C=O) groups is 2. The van der Waals surface area contributed by atoms with E-state index in [4.69, 9.17) is 16.3 Å². The molecule has 0 saturated carbocycles. The fourth-order valence-corrected chi connectivity index (χ4v) is 4.37. The zero-order valence-electron chi connectivity index (χ0n) is 18.6. The average molecular weight is 502 g/mol. The summed E-state index contributed by atoms with van der Waals surface area (Å²) >= 11 is 6.26. The van der Waals surface area contributed by atoms with E-state index < -0.39 is 15.9 Å². The van der Waals surface area contributed by atoms with E-state index >= 15 is 0 Å². The van der Waals surface area contributed by atoms with Crippen molar-refractivity contribution in [3.8, 4) is 0 Å². The van der Waals surface area contributed by atoms with Crippen LogP contribution in [0.1, 0.15) is 26.3 Å². The summed E-state index contributed by atoms with van der Waals surface area (Å²) in [6.45, 7) is 2.54. The molecule has 2 amide bonds. The highest BCUT2D eigenvalue weighted by atomic mass is 35.5. The Morgan fingerprint density at radius 1 is 0.941 bits per heavy atom. The molecular weight excluding hydrogens is 478 g/mol. The minimum absolute atomic E-state index is 0.0499. The molecule has 3 aromatic carbocycles. The molecule has 0 aliphatic rings. The van der Waals surface area contributed by atoms with E-state index in [9.17, 15) is 18.0 Å². The van der Waals surface area contributed by atoms with Crippen LogP contribution in [0.5, 0.6) is 0 Å². The Bertz CT molecular complexity index is 1290. The van der Waals surface area contributed by atoms with Gasteiger partial charge in [-0.2, -0.15) is 0 Å². The summed E-state index contributed by atoms with van der Waals surface area (Å²) in [7, 11) is -2.32. The maximum atomic E-state index is 12.8. The predicted molar refractivity (Wildman–Crippen MR) is 132 cm³/mol. The Kier molecular flexibility index (Phi) is 8.27. The molecule has 34 heavy (non-hydrogen) atoms. The molecule has 3 rings (SSSR count). The van der Waals surface area contributed by atoms with Gasteiger partial charge >= 0.3 is 0 Å². The summed E-state index contributed by atoms with van der Waals surface area (Å²) in [6.07, 6.45) is 0. The van der Waals surface area contributed by atoms with Gasteiger partial charge in [0.1, 0.15) is 0 Å². The number of methoxy groups -OCH3 is 1. The third-order valence-electron chi connectivity index (χ3n) is 4.82. The minimum Gasteiger partial charge on any atom is -0.383 e. The maximum absolute atomic E-state index is 12.8. The van der Waals surface area contributed by atoms with Gasteiger partial charge in [-0.15, -0.1) is 0 Å². The van der Waals surface area contributed by atoms with Gasteiger partial charge in [-0.1, -0.05) is 41.4 Å². The summed E-state index contributed by atoms with van der Waals surface area (Å²) < 4.78 is 32.6. The standard InChI is InChI=1S/C24H24ClN3O5S/c1-16-7-10-18(11-8-16)34(31,32)28-22-12-9-17(15-20(22)25)23(29)27-21-6-4-3-5-19(21)24(30)26-13-14-33-2/h3-12,15,28H,13-14H2,1-2H3,(H,26,30)(H,27,29). The fraction of sp³-hybridized carbons (Fsp3) is 0.167. The SMILES string of the molecule is COCCNC(=O)c1ccccc1NC(=O)c1ccc(NS(=O)(=O)c2ccc(C)cc2)c(Cl)c1. The van der Waals surface area contributed by atoms with Crippen molar-refractivity contribution < 1.29 is 22.7 Å². The van der Waals surface area contributed by atoms with Crippen LogP contribution in [0.2, 0.25) is 5.02 Å². The largest absolute Gasteiger partial charge is 0.383 e. The molecule has 0 aliphatic carbocycles. The van der Waals surface area contributed by atoms with Crippen molar-refractivity contribution in [2.75, 3.05) is 30.3 Å². The number of anilines is 2. The van der Waals surface area contributed by atoms with Crippen molar-refractivity contribution in [2.45, 2.75) is 11.8 Å². The van der Waals surface area contributed by atoms with Gasteiger partial charge < -0.3 is 15.4 Å². The van der Waals surface area contributed by atoms with Gasteiger partial charge in [-0.3, -0.25) is 14.3 Å². The molecule has 10 heteroatoms. The molecule has 178 valence electrons. The molecule has 0 spiro atoms. The van der Waals surface area contributed by atoms with Crippen LogP contribution in [0.3, 0.4) is 0 Å². The fourth-order valence-electron chi connectivity index (χ4n) is 3.01. The van der Waals surface area contributed by atoms with Gasteiger partial charge in [0.15, 0.2) is 0 Å². The van der Waals surface area contributed by atoms with E-state index in [0.29, 0.717) is 24.4 Å². The van der Waals surface area contributed by atoms with Gasteiger partial charge in [0.25, 0.3) is 21.8 Å². The number of rotatable bonds is 9. The molecule has 0 fully saturated rings. The highest BCUT2D eigenvalue weighted by molar-refractivity contribution is 7.92. The summed E-state index contributed by atoms with van der Waals surface area (Å²) in [6, 6.07) is 17.2. The number of hydrogen-bond donors (Lipinski definition) is 3. The summed E-state index contributed by atoms with van der Waals surface area (Å²) in [5, 5.41) is 5.45. The van der Waals surface area contributed by atoms with Crippen molar-refractivity contribution in [1.29, 1.82) is 0 Å². The lowest BCUT2D eigenvalue weighted by molar-refractivity contribution is 0.0938. The zero-order valence-corrected chi connectivity index (χ0v) is 20.2. The number of amides is 2. The number of ether oxygens (including phenoxy) is 1. The summed E-state index contributed by atoms with van der Waals surface area (Å²) in [4.78, 5) is 25.3. The van der Waals surface area contributed by atoms with Crippen molar-refractivity contribution in [3.63, 3.8) is 0 Å². The predicted octanol–water partition coefficient (Wildman–Crippen LogP) is 4.08. The number of sulfonamides is 1. The first kappa shape index (κ1) is 25.2. The van der Waals surface area contributed by atoms with Crippen LogP contribution in [0.25, 0.3) is 0 Å². The maximum Gasteiger partial charge on any atom is 0.261 e. The molecule has 3 N–H and O–H groups in total. The van der Waals surface area contributed by atoms with Gasteiger partial charge in [-0.05, 0) is 49.4 Å². The van der Waals surface area contributed by atoms with Crippen molar-refractivity contribution >= 4 is 44.8 Å². The van der Waals surface area contributed by atoms with Crippen LogP contribution in [0.15, 0.2) is 71.6 Å². The lowest BCUT2D eigenvalue weighted by Crippen LogP contribution is -2.28. The Morgan fingerprint density at radius 2 is 1.65 bits per heavy atom. The Balaban J connectivity index is 1.75. The molecule has 0 aromatic heterocycles. The van der Waals surface area contributed by atoms with E-state index in [-0.39, 0.29) is 27.1 Å². The molecule has 3 aromatic rings. The first-order valence-electron chi connectivity index (χ1n) is 10.3. The monoisotopic (exact) mass is 501 g/mol. The number of hydrogen-bond acceptors (Lipinski definition) is 5. The highest BCUT2D eigenvalue weighted by Crippen LogP contribution is 2.27. The van der Waals surface area contributed by atoms with Gasteiger partial charge in [0.2, 0.25) is 0 Å². The second-order valence-corrected chi connectivity index (χ2v) is 9.45. The van der Waals surface area contributed by atoms with Gasteiger partial charge in [0.05, 0.1) is 33.5 Å². The molecule has 0 heterocycles. The lowest BCUT2D eigenvalue weighted by Gasteiger charge is -2.13. The highest BCUT2D eigenvalue weighted by Gasteiger charge is 2.18. The number of para-hydroxylation sites is 1. The Morgan fingerprint density at radius 3 is 2.32 bits per heavy atom. The number of carbonyl (C=O) groups excluding carboxylic acids is 2. The lowest BCUT2D eigenvalue weighted by atomic mass is 10.1.